The van der Waals surface area contributed by atoms with E-state index in [-0.39, 0.29) is 41.9 Å². The summed E-state index contributed by atoms with van der Waals surface area (Å²) in [5, 5.41) is 9.62. The van der Waals surface area contributed by atoms with Crippen LogP contribution in [0.1, 0.15) is 44.2 Å². The van der Waals surface area contributed by atoms with Gasteiger partial charge in [0, 0.05) is 31.1 Å². The van der Waals surface area contributed by atoms with Gasteiger partial charge in [0.15, 0.2) is 5.96 Å². The quantitative estimate of drug-likeness (QED) is 0.289. The lowest BCUT2D eigenvalue weighted by atomic mass is 9.90. The minimum atomic E-state index is 0. The summed E-state index contributed by atoms with van der Waals surface area (Å²) in [6, 6.07) is 16.0. The van der Waals surface area contributed by atoms with Crippen molar-refractivity contribution in [2.24, 2.45) is 4.99 Å². The van der Waals surface area contributed by atoms with Crippen LogP contribution in [0.5, 0.6) is 5.75 Å². The number of hydrogen-bond donors (Lipinski definition) is 3. The van der Waals surface area contributed by atoms with Gasteiger partial charge in [-0.15, -0.1) is 24.0 Å². The third kappa shape index (κ3) is 6.90. The van der Waals surface area contributed by atoms with Crippen molar-refractivity contribution in [3.63, 3.8) is 0 Å². The first-order valence-electron chi connectivity index (χ1n) is 10.2. The molecule has 3 rings (SSSR count). The number of nitrogens with one attached hydrogen (secondary N) is 3. The normalized spacial score (nSPS) is 15.7. The third-order valence-electron chi connectivity index (χ3n) is 4.66. The molecule has 1 heterocycles. The van der Waals surface area contributed by atoms with Gasteiger partial charge in [0.05, 0.1) is 12.6 Å². The van der Waals surface area contributed by atoms with E-state index in [1.165, 1.54) is 0 Å². The number of halogens is 1. The zero-order valence-electron chi connectivity index (χ0n) is 17.8. The Balaban J connectivity index is 0.00000320. The predicted molar refractivity (Wildman–Crippen MR) is 133 cm³/mol. The van der Waals surface area contributed by atoms with E-state index < -0.39 is 0 Å². The Bertz CT molecular complexity index is 870. The first kappa shape index (κ1) is 24.0. The maximum Gasteiger partial charge on any atom is 0.225 e. The van der Waals surface area contributed by atoms with Crippen LogP contribution in [-0.4, -0.2) is 31.1 Å². The number of ether oxygens (including phenoxy) is 1. The SMILES string of the molecule is CCNC(=NCc1cccc(OC(C)C)c1)NCC1CC(=O)Nc2ccccc21.I. The number of carbonyl (C=O) groups excluding carboxylic acids is 1. The van der Waals surface area contributed by atoms with Crippen LogP contribution in [0.3, 0.4) is 0 Å². The number of para-hydroxylation sites is 1. The van der Waals surface area contributed by atoms with Crippen LogP contribution in [0.25, 0.3) is 0 Å². The number of anilines is 1. The maximum absolute atomic E-state index is 12.0. The lowest BCUT2D eigenvalue weighted by Crippen LogP contribution is -2.40. The first-order chi connectivity index (χ1) is 14.0. The second-order valence-electron chi connectivity index (χ2n) is 7.43. The summed E-state index contributed by atoms with van der Waals surface area (Å²) < 4.78 is 5.76. The van der Waals surface area contributed by atoms with Gasteiger partial charge in [0.2, 0.25) is 5.91 Å². The second kappa shape index (κ2) is 11.8. The zero-order chi connectivity index (χ0) is 20.6. The molecule has 1 aliphatic rings. The molecule has 1 amide bonds. The average molecular weight is 522 g/mol. The van der Waals surface area contributed by atoms with Gasteiger partial charge in [-0.1, -0.05) is 30.3 Å². The van der Waals surface area contributed by atoms with Crippen molar-refractivity contribution in [1.82, 2.24) is 10.6 Å². The number of benzene rings is 2. The fourth-order valence-electron chi connectivity index (χ4n) is 3.41. The van der Waals surface area contributed by atoms with Crippen molar-refractivity contribution in [2.45, 2.75) is 45.8 Å². The molecule has 7 heteroatoms. The number of rotatable bonds is 7. The highest BCUT2D eigenvalue weighted by molar-refractivity contribution is 14.0. The van der Waals surface area contributed by atoms with Crippen LogP contribution >= 0.6 is 24.0 Å². The molecule has 30 heavy (non-hydrogen) atoms. The Morgan fingerprint density at radius 2 is 2.00 bits per heavy atom. The number of guanidine groups is 1. The van der Waals surface area contributed by atoms with Gasteiger partial charge in [-0.05, 0) is 50.1 Å². The predicted octanol–water partition coefficient (Wildman–Crippen LogP) is 4.27. The number of nitrogens with zero attached hydrogens (tertiary/aromatic N) is 1. The Hall–Kier alpha value is -2.29. The van der Waals surface area contributed by atoms with Gasteiger partial charge in [-0.3, -0.25) is 4.79 Å². The van der Waals surface area contributed by atoms with Crippen LogP contribution in [0.4, 0.5) is 5.69 Å². The fraction of sp³-hybridized carbons (Fsp3) is 0.391. The zero-order valence-corrected chi connectivity index (χ0v) is 20.1. The van der Waals surface area contributed by atoms with E-state index in [0.29, 0.717) is 19.5 Å². The third-order valence-corrected chi connectivity index (χ3v) is 4.66. The monoisotopic (exact) mass is 522 g/mol. The van der Waals surface area contributed by atoms with Crippen LogP contribution in [0, 0.1) is 0 Å². The Kier molecular flexibility index (Phi) is 9.42. The van der Waals surface area contributed by atoms with E-state index in [1.54, 1.807) is 0 Å². The highest BCUT2D eigenvalue weighted by atomic mass is 127. The maximum atomic E-state index is 12.0. The largest absolute Gasteiger partial charge is 0.491 e. The number of carbonyl (C=O) groups is 1. The molecule has 1 atom stereocenters. The number of hydrogen-bond acceptors (Lipinski definition) is 3. The molecule has 3 N–H and O–H groups in total. The van der Waals surface area contributed by atoms with Crippen molar-refractivity contribution in [2.75, 3.05) is 18.4 Å². The number of amides is 1. The lowest BCUT2D eigenvalue weighted by Gasteiger charge is -2.26. The molecular formula is C23H31IN4O2. The molecule has 0 aliphatic carbocycles. The van der Waals surface area contributed by atoms with Crippen LogP contribution < -0.4 is 20.7 Å². The van der Waals surface area contributed by atoms with E-state index in [0.717, 1.165) is 35.1 Å². The molecule has 2 aromatic carbocycles. The molecular weight excluding hydrogens is 491 g/mol. The summed E-state index contributed by atoms with van der Waals surface area (Å²) in [6.45, 7) is 8.03. The van der Waals surface area contributed by atoms with E-state index in [1.807, 2.05) is 63.2 Å². The van der Waals surface area contributed by atoms with Gasteiger partial charge in [-0.2, -0.15) is 0 Å². The lowest BCUT2D eigenvalue weighted by molar-refractivity contribution is -0.116. The van der Waals surface area contributed by atoms with E-state index in [2.05, 4.69) is 22.0 Å². The first-order valence-corrected chi connectivity index (χ1v) is 10.2. The minimum Gasteiger partial charge on any atom is -0.491 e. The molecule has 2 aromatic rings. The summed E-state index contributed by atoms with van der Waals surface area (Å²) in [6.07, 6.45) is 0.612. The topological polar surface area (TPSA) is 74.8 Å². The summed E-state index contributed by atoms with van der Waals surface area (Å²) in [4.78, 5) is 16.7. The average Bonchev–Trinajstić information content (AvgIpc) is 2.69. The van der Waals surface area contributed by atoms with Gasteiger partial charge in [0.25, 0.3) is 0 Å². The summed E-state index contributed by atoms with van der Waals surface area (Å²) in [5.74, 6) is 1.77. The molecule has 0 bridgehead atoms. The Morgan fingerprint density at radius 1 is 1.20 bits per heavy atom. The Morgan fingerprint density at radius 3 is 2.77 bits per heavy atom. The second-order valence-corrected chi connectivity index (χ2v) is 7.43. The molecule has 0 fully saturated rings. The van der Waals surface area contributed by atoms with E-state index in [4.69, 9.17) is 9.73 Å². The summed E-state index contributed by atoms with van der Waals surface area (Å²) in [5.41, 5.74) is 3.15. The summed E-state index contributed by atoms with van der Waals surface area (Å²) >= 11 is 0. The van der Waals surface area contributed by atoms with Gasteiger partial charge in [-0.25, -0.2) is 4.99 Å². The van der Waals surface area contributed by atoms with Gasteiger partial charge < -0.3 is 20.7 Å². The standard InChI is InChI=1S/C23H30N4O2.HI/c1-4-24-23(25-14-17-8-7-9-19(12-17)29-16(2)3)26-15-18-13-22(28)27-21-11-6-5-10-20(18)21;/h5-12,16,18H,4,13-15H2,1-3H3,(H,27,28)(H2,24,25,26);1H. The van der Waals surface area contributed by atoms with E-state index >= 15 is 0 Å². The van der Waals surface area contributed by atoms with E-state index in [9.17, 15) is 4.79 Å². The molecule has 0 saturated carbocycles. The Labute approximate surface area is 195 Å². The molecule has 1 aliphatic heterocycles. The van der Waals surface area contributed by atoms with Crippen molar-refractivity contribution < 1.29 is 9.53 Å². The number of fused-ring (bicyclic) bond motifs is 1. The smallest absolute Gasteiger partial charge is 0.225 e. The van der Waals surface area contributed by atoms with Crippen molar-refractivity contribution in [3.8, 4) is 5.75 Å². The van der Waals surface area contributed by atoms with Crippen molar-refractivity contribution >= 4 is 41.5 Å². The highest BCUT2D eigenvalue weighted by Crippen LogP contribution is 2.31. The van der Waals surface area contributed by atoms with Crippen molar-refractivity contribution in [3.05, 3.63) is 59.7 Å². The molecule has 1 unspecified atom stereocenters. The van der Waals surface area contributed by atoms with Crippen molar-refractivity contribution in [1.29, 1.82) is 0 Å². The van der Waals surface area contributed by atoms with Crippen LogP contribution in [0.2, 0.25) is 0 Å². The fourth-order valence-corrected chi connectivity index (χ4v) is 3.41. The minimum absolute atomic E-state index is 0. The molecule has 0 saturated heterocycles. The van der Waals surface area contributed by atoms with Crippen LogP contribution in [-0.2, 0) is 11.3 Å². The molecule has 162 valence electrons. The molecule has 0 spiro atoms. The molecule has 0 aromatic heterocycles. The molecule has 6 nitrogen and oxygen atoms in total. The number of aliphatic imine (C=N–C) groups is 1. The van der Waals surface area contributed by atoms with Gasteiger partial charge in [0.1, 0.15) is 5.75 Å². The molecule has 0 radical (unpaired) electrons. The highest BCUT2D eigenvalue weighted by Gasteiger charge is 2.24. The summed E-state index contributed by atoms with van der Waals surface area (Å²) in [7, 11) is 0. The van der Waals surface area contributed by atoms with Gasteiger partial charge >= 0.3 is 0 Å². The van der Waals surface area contributed by atoms with Crippen LogP contribution in [0.15, 0.2) is 53.5 Å².